The summed E-state index contributed by atoms with van der Waals surface area (Å²) in [7, 11) is 1.04. The molecular formula is C36H51ClN8O6S. The number of sulfonamides is 1. The van der Waals surface area contributed by atoms with E-state index in [-0.39, 0.29) is 22.9 Å². The number of carbonyl (C=O) groups is 1. The van der Waals surface area contributed by atoms with Crippen LogP contribution in [0.4, 0.5) is 39.3 Å². The molecule has 0 aliphatic carbocycles. The molecule has 0 bridgehead atoms. The van der Waals surface area contributed by atoms with Gasteiger partial charge in [0.2, 0.25) is 16.0 Å². The van der Waals surface area contributed by atoms with Gasteiger partial charge in [0, 0.05) is 70.2 Å². The summed E-state index contributed by atoms with van der Waals surface area (Å²) in [6.07, 6.45) is 5.24. The quantitative estimate of drug-likeness (QED) is 0.233. The van der Waals surface area contributed by atoms with Crippen molar-refractivity contribution in [1.29, 1.82) is 0 Å². The third-order valence-electron chi connectivity index (χ3n) is 9.35. The van der Waals surface area contributed by atoms with Gasteiger partial charge in [-0.3, -0.25) is 9.21 Å². The van der Waals surface area contributed by atoms with Gasteiger partial charge in [0.1, 0.15) is 22.1 Å². The first-order valence-electron chi connectivity index (χ1n) is 17.5. The van der Waals surface area contributed by atoms with Crippen molar-refractivity contribution in [3.63, 3.8) is 0 Å². The first-order valence-corrected chi connectivity index (χ1v) is 19.7. The van der Waals surface area contributed by atoms with E-state index in [1.807, 2.05) is 25.7 Å². The van der Waals surface area contributed by atoms with Gasteiger partial charge in [-0.25, -0.2) is 18.2 Å². The van der Waals surface area contributed by atoms with Gasteiger partial charge in [0.05, 0.1) is 43.7 Å². The minimum absolute atomic E-state index is 0.234. The number of benzene rings is 2. The monoisotopic (exact) mass is 758 g/mol. The summed E-state index contributed by atoms with van der Waals surface area (Å²) < 4.78 is 42.7. The van der Waals surface area contributed by atoms with E-state index in [2.05, 4.69) is 49.5 Å². The van der Waals surface area contributed by atoms with Crippen LogP contribution in [-0.4, -0.2) is 113 Å². The van der Waals surface area contributed by atoms with Crippen LogP contribution < -0.4 is 29.3 Å². The van der Waals surface area contributed by atoms with Crippen molar-refractivity contribution in [1.82, 2.24) is 19.8 Å². The molecule has 2 aliphatic heterocycles. The van der Waals surface area contributed by atoms with Crippen molar-refractivity contribution >= 4 is 62.2 Å². The van der Waals surface area contributed by atoms with Crippen molar-refractivity contribution in [3.8, 4) is 11.5 Å². The highest BCUT2D eigenvalue weighted by atomic mass is 35.5. The van der Waals surface area contributed by atoms with Crippen molar-refractivity contribution in [2.45, 2.75) is 58.6 Å². The summed E-state index contributed by atoms with van der Waals surface area (Å²) in [4.78, 5) is 28.3. The lowest BCUT2D eigenvalue weighted by molar-refractivity contribution is 0.00901. The lowest BCUT2D eigenvalue weighted by Crippen LogP contribution is -2.55. The van der Waals surface area contributed by atoms with E-state index < -0.39 is 15.6 Å². The zero-order chi connectivity index (χ0) is 37.8. The number of methoxy groups -OCH3 is 2. The fourth-order valence-electron chi connectivity index (χ4n) is 6.47. The van der Waals surface area contributed by atoms with Gasteiger partial charge < -0.3 is 34.6 Å². The molecule has 0 radical (unpaired) electrons. The number of aryl methyl sites for hydroxylation is 1. The summed E-state index contributed by atoms with van der Waals surface area (Å²) >= 11 is 6.52. The summed E-state index contributed by atoms with van der Waals surface area (Å²) in [6, 6.07) is 9.65. The fourth-order valence-corrected chi connectivity index (χ4v) is 7.12. The predicted octanol–water partition coefficient (Wildman–Crippen LogP) is 6.11. The van der Waals surface area contributed by atoms with Crippen LogP contribution in [0.25, 0.3) is 0 Å². The van der Waals surface area contributed by atoms with Crippen LogP contribution in [0.5, 0.6) is 11.5 Å². The Morgan fingerprint density at radius 3 is 2.29 bits per heavy atom. The number of ether oxygens (including phenoxy) is 3. The van der Waals surface area contributed by atoms with Crippen LogP contribution in [-0.2, 0) is 21.2 Å². The molecule has 0 unspecified atom stereocenters. The number of piperidine rings is 1. The number of amides is 1. The van der Waals surface area contributed by atoms with Crippen molar-refractivity contribution in [3.05, 3.63) is 47.1 Å². The number of halogens is 1. The number of nitrogens with zero attached hydrogens (tertiary/aromatic N) is 6. The Hall–Kier alpha value is -4.21. The van der Waals surface area contributed by atoms with Crippen LogP contribution in [0.15, 0.2) is 36.5 Å². The summed E-state index contributed by atoms with van der Waals surface area (Å²) in [5.74, 6) is 1.70. The second kappa shape index (κ2) is 16.2. The fraction of sp³-hybridized carbons (Fsp3) is 0.528. The van der Waals surface area contributed by atoms with E-state index in [9.17, 15) is 13.2 Å². The Labute approximate surface area is 312 Å². The van der Waals surface area contributed by atoms with Gasteiger partial charge in [-0.1, -0.05) is 18.5 Å². The number of hydrogen-bond donors (Lipinski definition) is 2. The van der Waals surface area contributed by atoms with Crippen molar-refractivity contribution in [2.75, 3.05) is 86.6 Å². The molecule has 14 nitrogen and oxygen atoms in total. The summed E-state index contributed by atoms with van der Waals surface area (Å²) in [5.41, 5.74) is 3.33. The third-order valence-corrected chi connectivity index (χ3v) is 10.8. The number of carbonyl (C=O) groups excluding carboxylic acids is 1. The molecule has 0 atom stereocenters. The Morgan fingerprint density at radius 1 is 1.00 bits per heavy atom. The highest BCUT2D eigenvalue weighted by molar-refractivity contribution is 7.92. The zero-order valence-electron chi connectivity index (χ0n) is 31.3. The van der Waals surface area contributed by atoms with E-state index in [0.717, 1.165) is 67.3 Å². The molecule has 0 spiro atoms. The lowest BCUT2D eigenvalue weighted by atomic mass is 9.99. The molecule has 1 amide bonds. The molecular weight excluding hydrogens is 708 g/mol. The summed E-state index contributed by atoms with van der Waals surface area (Å²) in [5, 5.41) is 6.72. The Balaban J connectivity index is 1.28. The molecule has 3 aromatic rings. The maximum atomic E-state index is 12.5. The van der Waals surface area contributed by atoms with Crippen LogP contribution >= 0.6 is 11.6 Å². The van der Waals surface area contributed by atoms with E-state index in [0.29, 0.717) is 47.7 Å². The van der Waals surface area contributed by atoms with Crippen LogP contribution in [0, 0.1) is 0 Å². The topological polar surface area (TPSA) is 142 Å². The molecule has 52 heavy (non-hydrogen) atoms. The van der Waals surface area contributed by atoms with Gasteiger partial charge >= 0.3 is 6.09 Å². The van der Waals surface area contributed by atoms with Crippen molar-refractivity contribution < 1.29 is 27.4 Å². The Morgan fingerprint density at radius 2 is 1.69 bits per heavy atom. The predicted molar refractivity (Wildman–Crippen MR) is 207 cm³/mol. The number of anilines is 6. The number of hydrogen-bond acceptors (Lipinski definition) is 12. The molecule has 5 rings (SSSR count). The normalized spacial score (nSPS) is 16.0. The zero-order valence-corrected chi connectivity index (χ0v) is 32.9. The van der Waals surface area contributed by atoms with Gasteiger partial charge in [-0.05, 0) is 63.8 Å². The maximum absolute atomic E-state index is 12.5. The molecule has 2 aliphatic rings. The van der Waals surface area contributed by atoms with Crippen LogP contribution in [0.3, 0.4) is 0 Å². The van der Waals surface area contributed by atoms with E-state index >= 15 is 0 Å². The van der Waals surface area contributed by atoms with E-state index in [4.69, 9.17) is 25.8 Å². The van der Waals surface area contributed by atoms with E-state index in [1.165, 1.54) is 20.4 Å². The summed E-state index contributed by atoms with van der Waals surface area (Å²) in [6.45, 7) is 12.7. The molecule has 2 aromatic carbocycles. The second-order valence-corrected chi connectivity index (χ2v) is 16.4. The Kier molecular flexibility index (Phi) is 12.2. The minimum Gasteiger partial charge on any atom is -0.497 e. The lowest BCUT2D eigenvalue weighted by Gasteiger charge is -2.43. The molecule has 1 aromatic heterocycles. The first kappa shape index (κ1) is 39.0. The number of aromatic nitrogens is 2. The van der Waals surface area contributed by atoms with Crippen molar-refractivity contribution in [2.24, 2.45) is 0 Å². The SMILES string of the molecule is CCc1cc(Nc2ncc(Cl)c(Nc3ccc(OC)cc3N(C)S(C)(=O)=O)n2)c(OC)cc1N1CCC(N2CCN(C(=O)OC(C)(C)C)CC2)CC1. The number of nitrogens with one attached hydrogen (secondary N) is 2. The standard InChI is InChI=1S/C36H51ClN8O6S/c1-9-24-20-29(40-34-38-23-27(37)33(41-34)39-28-11-10-26(49-6)21-31(28)42(5)52(8,47)48)32(50-7)22-30(24)44-14-12-25(13-15-44)43-16-18-45(19-17-43)35(46)51-36(2,3)4/h10-11,20-23,25H,9,12-19H2,1-8H3,(H2,38,39,40,41). The number of rotatable bonds is 11. The molecule has 2 fully saturated rings. The minimum atomic E-state index is -3.57. The molecule has 284 valence electrons. The number of piperazine rings is 1. The van der Waals surface area contributed by atoms with Crippen LogP contribution in [0.1, 0.15) is 46.1 Å². The largest absolute Gasteiger partial charge is 0.497 e. The average molecular weight is 759 g/mol. The van der Waals surface area contributed by atoms with Gasteiger partial charge in [0.15, 0.2) is 5.82 Å². The second-order valence-electron chi connectivity index (χ2n) is 14.0. The Bertz CT molecular complexity index is 1840. The molecule has 3 heterocycles. The van der Waals surface area contributed by atoms with Gasteiger partial charge in [0.25, 0.3) is 0 Å². The molecule has 0 saturated carbocycles. The molecule has 16 heteroatoms. The molecule has 2 N–H and O–H groups in total. The average Bonchev–Trinajstić information content (AvgIpc) is 3.11. The first-order chi connectivity index (χ1) is 24.6. The highest BCUT2D eigenvalue weighted by Crippen LogP contribution is 2.38. The van der Waals surface area contributed by atoms with E-state index in [1.54, 1.807) is 25.3 Å². The maximum Gasteiger partial charge on any atom is 0.410 e. The molecule has 2 saturated heterocycles. The van der Waals surface area contributed by atoms with Crippen LogP contribution in [0.2, 0.25) is 5.02 Å². The van der Waals surface area contributed by atoms with Gasteiger partial charge in [-0.15, -0.1) is 0 Å². The van der Waals surface area contributed by atoms with Gasteiger partial charge in [-0.2, -0.15) is 4.98 Å². The third kappa shape index (κ3) is 9.41. The highest BCUT2D eigenvalue weighted by Gasteiger charge is 2.31. The smallest absolute Gasteiger partial charge is 0.410 e.